The Morgan fingerprint density at radius 2 is 1.85 bits per heavy atom. The maximum absolute atomic E-state index is 11.2. The number of rotatable bonds is 6. The second-order valence-electron chi connectivity index (χ2n) is 6.10. The SMILES string of the molecule is CN=C(NCCCS(C)(=O)=O)N1CCc2cc(OC)c(OC)cc2C1.I. The Morgan fingerprint density at radius 3 is 2.38 bits per heavy atom. The van der Waals surface area contributed by atoms with Crippen molar-refractivity contribution in [1.29, 1.82) is 0 Å². The number of halogens is 1. The molecule has 26 heavy (non-hydrogen) atoms. The van der Waals surface area contributed by atoms with E-state index in [9.17, 15) is 8.42 Å². The van der Waals surface area contributed by atoms with E-state index in [1.165, 1.54) is 17.4 Å². The summed E-state index contributed by atoms with van der Waals surface area (Å²) >= 11 is 0. The first kappa shape index (κ1) is 22.8. The number of hydrogen-bond acceptors (Lipinski definition) is 5. The maximum atomic E-state index is 11.2. The molecule has 1 aliphatic rings. The highest BCUT2D eigenvalue weighted by atomic mass is 127. The van der Waals surface area contributed by atoms with Gasteiger partial charge >= 0.3 is 0 Å². The molecule has 1 aromatic rings. The highest BCUT2D eigenvalue weighted by Gasteiger charge is 2.21. The largest absolute Gasteiger partial charge is 0.493 e. The third-order valence-corrected chi connectivity index (χ3v) is 5.23. The Hall–Kier alpha value is -1.23. The van der Waals surface area contributed by atoms with E-state index in [0.717, 1.165) is 37.0 Å². The molecule has 7 nitrogen and oxygen atoms in total. The lowest BCUT2D eigenvalue weighted by atomic mass is 9.99. The van der Waals surface area contributed by atoms with Crippen LogP contribution in [0.3, 0.4) is 0 Å². The van der Waals surface area contributed by atoms with Crippen molar-refractivity contribution in [3.05, 3.63) is 23.3 Å². The van der Waals surface area contributed by atoms with Crippen molar-refractivity contribution in [2.75, 3.05) is 46.4 Å². The molecule has 148 valence electrons. The molecule has 0 aromatic heterocycles. The molecule has 0 amide bonds. The van der Waals surface area contributed by atoms with Gasteiger partial charge in [0.15, 0.2) is 17.5 Å². The van der Waals surface area contributed by atoms with Crippen LogP contribution < -0.4 is 14.8 Å². The van der Waals surface area contributed by atoms with Gasteiger partial charge in [0.2, 0.25) is 0 Å². The quantitative estimate of drug-likeness (QED) is 0.279. The predicted octanol–water partition coefficient (Wildman–Crippen LogP) is 1.69. The van der Waals surface area contributed by atoms with Crippen LogP contribution in [0.1, 0.15) is 17.5 Å². The number of aliphatic imine (C=N–C) groups is 1. The van der Waals surface area contributed by atoms with Gasteiger partial charge in [-0.05, 0) is 36.1 Å². The van der Waals surface area contributed by atoms with Crippen LogP contribution in [0.25, 0.3) is 0 Å². The molecule has 0 radical (unpaired) electrons. The van der Waals surface area contributed by atoms with Crippen molar-refractivity contribution in [3.63, 3.8) is 0 Å². The molecule has 0 saturated heterocycles. The third kappa shape index (κ3) is 6.19. The summed E-state index contributed by atoms with van der Waals surface area (Å²) < 4.78 is 33.2. The molecular formula is C17H28IN3O4S. The molecule has 0 unspecified atom stereocenters. The molecule has 0 aliphatic carbocycles. The van der Waals surface area contributed by atoms with Crippen molar-refractivity contribution in [2.24, 2.45) is 4.99 Å². The summed E-state index contributed by atoms with van der Waals surface area (Å²) in [5.41, 5.74) is 2.43. The van der Waals surface area contributed by atoms with Crippen LogP contribution in [-0.4, -0.2) is 65.6 Å². The minimum Gasteiger partial charge on any atom is -0.493 e. The number of sulfone groups is 1. The summed E-state index contributed by atoms with van der Waals surface area (Å²) in [5, 5.41) is 3.25. The Bertz CT molecular complexity index is 738. The van der Waals surface area contributed by atoms with Gasteiger partial charge in [0.05, 0.1) is 20.0 Å². The van der Waals surface area contributed by atoms with E-state index in [1.807, 2.05) is 12.1 Å². The molecule has 1 heterocycles. The molecule has 0 fully saturated rings. The number of nitrogens with zero attached hydrogens (tertiary/aromatic N) is 2. The van der Waals surface area contributed by atoms with Gasteiger partial charge in [0.25, 0.3) is 0 Å². The zero-order chi connectivity index (χ0) is 18.4. The van der Waals surface area contributed by atoms with Crippen molar-refractivity contribution >= 4 is 39.8 Å². The molecule has 0 bridgehead atoms. The van der Waals surface area contributed by atoms with Gasteiger partial charge in [0.1, 0.15) is 9.84 Å². The lowest BCUT2D eigenvalue weighted by molar-refractivity contribution is 0.346. The van der Waals surface area contributed by atoms with E-state index in [-0.39, 0.29) is 29.7 Å². The first-order chi connectivity index (χ1) is 11.9. The summed E-state index contributed by atoms with van der Waals surface area (Å²) in [6, 6.07) is 4.05. The van der Waals surface area contributed by atoms with Crippen LogP contribution in [0.4, 0.5) is 0 Å². The Balaban J connectivity index is 0.00000338. The molecule has 2 rings (SSSR count). The number of benzene rings is 1. The lowest BCUT2D eigenvalue weighted by Crippen LogP contribution is -2.44. The summed E-state index contributed by atoms with van der Waals surface area (Å²) in [4.78, 5) is 6.48. The zero-order valence-corrected chi connectivity index (χ0v) is 18.9. The van der Waals surface area contributed by atoms with Crippen molar-refractivity contribution in [2.45, 2.75) is 19.4 Å². The van der Waals surface area contributed by atoms with E-state index >= 15 is 0 Å². The van der Waals surface area contributed by atoms with Crippen molar-refractivity contribution < 1.29 is 17.9 Å². The highest BCUT2D eigenvalue weighted by molar-refractivity contribution is 14.0. The number of hydrogen-bond donors (Lipinski definition) is 1. The topological polar surface area (TPSA) is 80.2 Å². The smallest absolute Gasteiger partial charge is 0.193 e. The number of guanidine groups is 1. The fraction of sp³-hybridized carbons (Fsp3) is 0.588. The Kier molecular flexibility index (Phi) is 8.94. The van der Waals surface area contributed by atoms with Crippen molar-refractivity contribution in [3.8, 4) is 11.5 Å². The summed E-state index contributed by atoms with van der Waals surface area (Å²) in [5.74, 6) is 2.43. The highest BCUT2D eigenvalue weighted by Crippen LogP contribution is 2.33. The summed E-state index contributed by atoms with van der Waals surface area (Å²) in [7, 11) is 2.08. The number of fused-ring (bicyclic) bond motifs is 1. The summed E-state index contributed by atoms with van der Waals surface area (Å²) in [6.07, 6.45) is 2.71. The summed E-state index contributed by atoms with van der Waals surface area (Å²) in [6.45, 7) is 2.14. The van der Waals surface area contributed by atoms with E-state index < -0.39 is 9.84 Å². The Morgan fingerprint density at radius 1 is 1.23 bits per heavy atom. The average Bonchev–Trinajstić information content (AvgIpc) is 2.59. The normalized spacial score (nSPS) is 14.3. The van der Waals surface area contributed by atoms with E-state index in [0.29, 0.717) is 13.0 Å². The molecule has 1 N–H and O–H groups in total. The lowest BCUT2D eigenvalue weighted by Gasteiger charge is -2.32. The van der Waals surface area contributed by atoms with Gasteiger partial charge in [-0.3, -0.25) is 4.99 Å². The minimum atomic E-state index is -2.93. The zero-order valence-electron chi connectivity index (χ0n) is 15.7. The molecule has 0 atom stereocenters. The van der Waals surface area contributed by atoms with Crippen molar-refractivity contribution in [1.82, 2.24) is 10.2 Å². The number of ether oxygens (including phenoxy) is 2. The fourth-order valence-electron chi connectivity index (χ4n) is 2.93. The van der Waals surface area contributed by atoms with Gasteiger partial charge in [-0.1, -0.05) is 0 Å². The van der Waals surface area contributed by atoms with E-state index in [4.69, 9.17) is 9.47 Å². The van der Waals surface area contributed by atoms with Crippen LogP contribution in [0.15, 0.2) is 17.1 Å². The molecule has 0 spiro atoms. The predicted molar refractivity (Wildman–Crippen MR) is 115 cm³/mol. The first-order valence-electron chi connectivity index (χ1n) is 8.25. The standard InChI is InChI=1S/C17H27N3O4S.HI/c1-18-17(19-7-5-9-25(4,21)22)20-8-6-13-10-15(23-2)16(24-3)11-14(13)12-20;/h10-11H,5-9,12H2,1-4H3,(H,18,19);1H. The minimum absolute atomic E-state index is 0. The fourth-order valence-corrected chi connectivity index (χ4v) is 3.60. The van der Waals surface area contributed by atoms with Gasteiger partial charge < -0.3 is 19.7 Å². The third-order valence-electron chi connectivity index (χ3n) is 4.20. The second-order valence-corrected chi connectivity index (χ2v) is 8.36. The second kappa shape index (κ2) is 10.2. The maximum Gasteiger partial charge on any atom is 0.193 e. The van der Waals surface area contributed by atoms with Crippen LogP contribution >= 0.6 is 24.0 Å². The molecule has 1 aliphatic heterocycles. The Labute approximate surface area is 173 Å². The van der Waals surface area contributed by atoms with Crippen LogP contribution in [0, 0.1) is 0 Å². The van der Waals surface area contributed by atoms with Crippen LogP contribution in [0.2, 0.25) is 0 Å². The van der Waals surface area contributed by atoms with Crippen LogP contribution in [-0.2, 0) is 22.8 Å². The van der Waals surface area contributed by atoms with Crippen LogP contribution in [0.5, 0.6) is 11.5 Å². The number of nitrogens with one attached hydrogen (secondary N) is 1. The van der Waals surface area contributed by atoms with E-state index in [2.05, 4.69) is 15.2 Å². The van der Waals surface area contributed by atoms with Gasteiger partial charge in [-0.15, -0.1) is 24.0 Å². The number of methoxy groups -OCH3 is 2. The van der Waals surface area contributed by atoms with Gasteiger partial charge in [-0.25, -0.2) is 8.42 Å². The monoisotopic (exact) mass is 497 g/mol. The molecule has 1 aromatic carbocycles. The van der Waals surface area contributed by atoms with Gasteiger partial charge in [-0.2, -0.15) is 0 Å². The van der Waals surface area contributed by atoms with Gasteiger partial charge in [0, 0.05) is 32.9 Å². The average molecular weight is 497 g/mol. The molecule has 0 saturated carbocycles. The molecular weight excluding hydrogens is 469 g/mol. The van der Waals surface area contributed by atoms with E-state index in [1.54, 1.807) is 21.3 Å². The molecule has 9 heteroatoms. The first-order valence-corrected chi connectivity index (χ1v) is 10.3.